The van der Waals surface area contributed by atoms with Crippen molar-refractivity contribution < 1.29 is 9.25 Å². The molecular formula is C24H20N4O2S. The Labute approximate surface area is 184 Å². The van der Waals surface area contributed by atoms with E-state index < -0.39 is 0 Å². The first kappa shape index (κ1) is 19.5. The summed E-state index contributed by atoms with van der Waals surface area (Å²) < 4.78 is 6.38. The van der Waals surface area contributed by atoms with E-state index >= 15 is 0 Å². The Morgan fingerprint density at radius 2 is 1.74 bits per heavy atom. The van der Waals surface area contributed by atoms with Crippen molar-refractivity contribution in [2.45, 2.75) is 18.0 Å². The molecule has 31 heavy (non-hydrogen) atoms. The Kier molecular flexibility index (Phi) is 5.26. The average Bonchev–Trinajstić information content (AvgIpc) is 3.45. The molecule has 0 unspecified atom stereocenters. The smallest absolute Gasteiger partial charge is 0.187 e. The fourth-order valence-corrected chi connectivity index (χ4v) is 4.28. The average molecular weight is 429 g/mol. The zero-order chi connectivity index (χ0) is 21.2. The fraction of sp³-hybridized carbons (Fsp3) is 0.167. The standard InChI is InChI=1S/C24H20N4O2S/c1-29-28-21-7-6-18-17(4-3-5-19(18)21)20-12-22(16-13-26-24(31-2)27-14-16)30-23(20)15-8-10-25-11-9-15/h3-5,8-14H,6-7H2,1-2H3/b28-21+. The molecule has 0 bridgehead atoms. The number of hydrogen-bond acceptors (Lipinski definition) is 7. The predicted octanol–water partition coefficient (Wildman–Crippen LogP) is 5.48. The molecular weight excluding hydrogens is 408 g/mol. The number of rotatable bonds is 5. The molecule has 0 N–H and O–H groups in total. The first-order valence-corrected chi connectivity index (χ1v) is 11.1. The number of furan rings is 1. The minimum atomic E-state index is 0.732. The Morgan fingerprint density at radius 1 is 0.968 bits per heavy atom. The minimum absolute atomic E-state index is 0.732. The van der Waals surface area contributed by atoms with E-state index in [2.05, 4.69) is 44.4 Å². The first-order valence-electron chi connectivity index (χ1n) is 9.91. The topological polar surface area (TPSA) is 73.4 Å². The molecule has 6 nitrogen and oxygen atoms in total. The monoisotopic (exact) mass is 428 g/mol. The van der Waals surface area contributed by atoms with Crippen molar-refractivity contribution in [1.82, 2.24) is 15.0 Å². The third-order valence-electron chi connectivity index (χ3n) is 5.36. The lowest BCUT2D eigenvalue weighted by molar-refractivity contribution is 0.213. The van der Waals surface area contributed by atoms with E-state index in [1.54, 1.807) is 31.9 Å². The number of fused-ring (bicyclic) bond motifs is 1. The molecule has 0 fully saturated rings. The van der Waals surface area contributed by atoms with Gasteiger partial charge in [-0.05, 0) is 48.4 Å². The van der Waals surface area contributed by atoms with Crippen LogP contribution in [0.15, 0.2) is 75.9 Å². The van der Waals surface area contributed by atoms with Gasteiger partial charge in [0.1, 0.15) is 18.6 Å². The number of oxime groups is 1. The third-order valence-corrected chi connectivity index (χ3v) is 5.94. The second-order valence-corrected chi connectivity index (χ2v) is 7.87. The highest BCUT2D eigenvalue weighted by atomic mass is 32.2. The number of aromatic nitrogens is 3. The van der Waals surface area contributed by atoms with E-state index in [0.717, 1.165) is 63.0 Å². The van der Waals surface area contributed by atoms with Crippen LogP contribution in [0.25, 0.3) is 33.8 Å². The molecule has 0 saturated heterocycles. The van der Waals surface area contributed by atoms with Crippen LogP contribution in [0, 0.1) is 0 Å². The lowest BCUT2D eigenvalue weighted by atomic mass is 9.95. The van der Waals surface area contributed by atoms with E-state index in [9.17, 15) is 0 Å². The first-order chi connectivity index (χ1) is 15.3. The summed E-state index contributed by atoms with van der Waals surface area (Å²) >= 11 is 1.51. The molecule has 4 aromatic rings. The van der Waals surface area contributed by atoms with Gasteiger partial charge in [-0.2, -0.15) is 0 Å². The maximum absolute atomic E-state index is 6.38. The van der Waals surface area contributed by atoms with Gasteiger partial charge in [0.25, 0.3) is 0 Å². The van der Waals surface area contributed by atoms with Gasteiger partial charge in [0.15, 0.2) is 5.16 Å². The van der Waals surface area contributed by atoms with Crippen LogP contribution in [0.2, 0.25) is 0 Å². The molecule has 1 aromatic carbocycles. The number of nitrogens with zero attached hydrogens (tertiary/aromatic N) is 4. The van der Waals surface area contributed by atoms with Crippen LogP contribution in [-0.4, -0.2) is 34.0 Å². The van der Waals surface area contributed by atoms with Gasteiger partial charge in [0.2, 0.25) is 0 Å². The van der Waals surface area contributed by atoms with E-state index in [-0.39, 0.29) is 0 Å². The van der Waals surface area contributed by atoms with Crippen LogP contribution in [0.5, 0.6) is 0 Å². The van der Waals surface area contributed by atoms with Crippen LogP contribution in [0.4, 0.5) is 0 Å². The fourth-order valence-electron chi connectivity index (χ4n) is 3.96. The van der Waals surface area contributed by atoms with Gasteiger partial charge in [-0.25, -0.2) is 9.97 Å². The molecule has 7 heteroatoms. The van der Waals surface area contributed by atoms with Crippen LogP contribution >= 0.6 is 11.8 Å². The van der Waals surface area contributed by atoms with Gasteiger partial charge in [-0.3, -0.25) is 4.98 Å². The van der Waals surface area contributed by atoms with Crippen LogP contribution < -0.4 is 0 Å². The maximum Gasteiger partial charge on any atom is 0.187 e. The van der Waals surface area contributed by atoms with E-state index in [0.29, 0.717) is 0 Å². The molecule has 0 spiro atoms. The van der Waals surface area contributed by atoms with Gasteiger partial charge in [0.05, 0.1) is 11.3 Å². The van der Waals surface area contributed by atoms with E-state index in [1.807, 2.05) is 18.4 Å². The largest absolute Gasteiger partial charge is 0.455 e. The highest BCUT2D eigenvalue weighted by Gasteiger charge is 2.25. The van der Waals surface area contributed by atoms with Gasteiger partial charge >= 0.3 is 0 Å². The Hall–Kier alpha value is -3.45. The Bertz CT molecular complexity index is 1250. The molecule has 1 aliphatic rings. The summed E-state index contributed by atoms with van der Waals surface area (Å²) in [5, 5.41) is 4.95. The Balaban J connectivity index is 1.68. The number of thioether (sulfide) groups is 1. The molecule has 5 rings (SSSR count). The zero-order valence-corrected chi connectivity index (χ0v) is 18.0. The SMILES string of the molecule is CO/N=C1\CCc2c1cccc2-c1cc(-c2cnc(SC)nc2)oc1-c1ccncc1. The molecule has 0 atom stereocenters. The molecule has 1 aliphatic carbocycles. The number of pyridine rings is 1. The van der Waals surface area contributed by atoms with Crippen molar-refractivity contribution in [3.8, 4) is 33.8 Å². The van der Waals surface area contributed by atoms with Crippen LogP contribution in [0.1, 0.15) is 17.5 Å². The molecule has 0 amide bonds. The Morgan fingerprint density at radius 3 is 2.48 bits per heavy atom. The summed E-state index contributed by atoms with van der Waals surface area (Å²) in [6.45, 7) is 0. The maximum atomic E-state index is 6.38. The normalized spacial score (nSPS) is 14.1. The molecule has 154 valence electrons. The molecule has 0 radical (unpaired) electrons. The number of hydrogen-bond donors (Lipinski definition) is 0. The molecule has 3 heterocycles. The third kappa shape index (κ3) is 3.61. The summed E-state index contributed by atoms with van der Waals surface area (Å²) in [7, 11) is 1.59. The van der Waals surface area contributed by atoms with Crippen molar-refractivity contribution in [3.63, 3.8) is 0 Å². The van der Waals surface area contributed by atoms with Gasteiger partial charge < -0.3 is 9.25 Å². The summed E-state index contributed by atoms with van der Waals surface area (Å²) in [6, 6.07) is 12.3. The van der Waals surface area contributed by atoms with Crippen molar-refractivity contribution in [1.29, 1.82) is 0 Å². The second-order valence-electron chi connectivity index (χ2n) is 7.10. The highest BCUT2D eigenvalue weighted by Crippen LogP contribution is 2.42. The van der Waals surface area contributed by atoms with E-state index in [1.165, 1.54) is 17.3 Å². The summed E-state index contributed by atoms with van der Waals surface area (Å²) in [5.74, 6) is 1.53. The van der Waals surface area contributed by atoms with Gasteiger partial charge in [-0.1, -0.05) is 35.1 Å². The quantitative estimate of drug-likeness (QED) is 0.238. The molecule has 0 saturated carbocycles. The van der Waals surface area contributed by atoms with Crippen molar-refractivity contribution in [3.05, 3.63) is 72.3 Å². The molecule has 3 aromatic heterocycles. The van der Waals surface area contributed by atoms with Crippen LogP contribution in [0.3, 0.4) is 0 Å². The van der Waals surface area contributed by atoms with Crippen LogP contribution in [-0.2, 0) is 11.3 Å². The highest BCUT2D eigenvalue weighted by molar-refractivity contribution is 7.98. The lowest BCUT2D eigenvalue weighted by Gasteiger charge is -2.08. The van der Waals surface area contributed by atoms with Crippen molar-refractivity contribution in [2.75, 3.05) is 13.4 Å². The van der Waals surface area contributed by atoms with Crippen molar-refractivity contribution in [2.24, 2.45) is 5.16 Å². The predicted molar refractivity (Wildman–Crippen MR) is 122 cm³/mol. The molecule has 0 aliphatic heterocycles. The van der Waals surface area contributed by atoms with E-state index in [4.69, 9.17) is 9.25 Å². The zero-order valence-electron chi connectivity index (χ0n) is 17.2. The second kappa shape index (κ2) is 8.35. The van der Waals surface area contributed by atoms with Gasteiger partial charge in [0, 0.05) is 41.5 Å². The number of benzene rings is 1. The minimum Gasteiger partial charge on any atom is -0.455 e. The van der Waals surface area contributed by atoms with Crippen molar-refractivity contribution >= 4 is 17.5 Å². The summed E-state index contributed by atoms with van der Waals surface area (Å²) in [4.78, 5) is 18.0. The summed E-state index contributed by atoms with van der Waals surface area (Å²) in [6.07, 6.45) is 10.9. The lowest BCUT2D eigenvalue weighted by Crippen LogP contribution is -1.95. The summed E-state index contributed by atoms with van der Waals surface area (Å²) in [5.41, 5.74) is 7.36. The van der Waals surface area contributed by atoms with Gasteiger partial charge in [-0.15, -0.1) is 0 Å².